The van der Waals surface area contributed by atoms with E-state index in [1.54, 1.807) is 16.4 Å². The molecule has 5 heteroatoms. The highest BCUT2D eigenvalue weighted by molar-refractivity contribution is 7.89. The van der Waals surface area contributed by atoms with E-state index in [1.165, 1.54) is 5.56 Å². The summed E-state index contributed by atoms with van der Waals surface area (Å²) in [7, 11) is -3.54. The summed E-state index contributed by atoms with van der Waals surface area (Å²) in [5, 5.41) is 8.22. The molecule has 0 radical (unpaired) electrons. The van der Waals surface area contributed by atoms with Crippen LogP contribution < -0.4 is 0 Å². The zero-order valence-corrected chi connectivity index (χ0v) is 19.7. The number of benzene rings is 2. The molecule has 2 aromatic carbocycles. The van der Waals surface area contributed by atoms with Gasteiger partial charge in [0.2, 0.25) is 10.0 Å². The van der Waals surface area contributed by atoms with Gasteiger partial charge >= 0.3 is 0 Å². The molecule has 2 atom stereocenters. The number of fused-ring (bicyclic) bond motifs is 1. The van der Waals surface area contributed by atoms with Gasteiger partial charge in [0.25, 0.3) is 0 Å². The summed E-state index contributed by atoms with van der Waals surface area (Å²) in [4.78, 5) is 0.386. The maximum absolute atomic E-state index is 13.6. The lowest BCUT2D eigenvalue weighted by atomic mass is 9.60. The molecular weight excluding hydrogens is 404 g/mol. The molecular formula is C26H34N2O2S. The van der Waals surface area contributed by atoms with Crippen molar-refractivity contribution in [1.82, 2.24) is 4.31 Å². The second-order valence-electron chi connectivity index (χ2n) is 10.4. The molecule has 1 heterocycles. The number of hydrogen-bond acceptors (Lipinski definition) is 3. The topological polar surface area (TPSA) is 61.2 Å². The van der Waals surface area contributed by atoms with Gasteiger partial charge in [-0.2, -0.15) is 4.31 Å². The Morgan fingerprint density at radius 2 is 1.74 bits per heavy atom. The molecule has 166 valence electrons. The summed E-state index contributed by atoms with van der Waals surface area (Å²) in [6, 6.07) is 17.8. The molecule has 2 fully saturated rings. The van der Waals surface area contributed by atoms with Crippen molar-refractivity contribution in [1.29, 1.82) is 5.41 Å². The van der Waals surface area contributed by atoms with E-state index in [1.807, 2.05) is 18.2 Å². The quantitative estimate of drug-likeness (QED) is 0.692. The molecule has 1 saturated carbocycles. The SMILES string of the molecule is CC(C)(C)c1ccc(S(=O)(=O)N2CCC3CC(=N)CC[C@]3(Cc3ccccc3)C2)cc1. The second-order valence-corrected chi connectivity index (χ2v) is 12.4. The van der Waals surface area contributed by atoms with Crippen LogP contribution in [0.5, 0.6) is 0 Å². The van der Waals surface area contributed by atoms with Gasteiger partial charge in [-0.25, -0.2) is 8.42 Å². The molecule has 1 aliphatic carbocycles. The average molecular weight is 439 g/mol. The molecule has 2 aliphatic rings. The molecule has 31 heavy (non-hydrogen) atoms. The van der Waals surface area contributed by atoms with E-state index in [-0.39, 0.29) is 10.8 Å². The van der Waals surface area contributed by atoms with E-state index in [0.717, 1.165) is 43.4 Å². The van der Waals surface area contributed by atoms with Crippen molar-refractivity contribution in [2.24, 2.45) is 11.3 Å². The van der Waals surface area contributed by atoms with Gasteiger partial charge in [0, 0.05) is 18.8 Å². The zero-order chi connectivity index (χ0) is 22.3. The van der Waals surface area contributed by atoms with Gasteiger partial charge < -0.3 is 5.41 Å². The first-order valence-corrected chi connectivity index (χ1v) is 12.8. The van der Waals surface area contributed by atoms with Crippen molar-refractivity contribution in [3.8, 4) is 0 Å². The highest BCUT2D eigenvalue weighted by Crippen LogP contribution is 2.48. The van der Waals surface area contributed by atoms with Crippen LogP contribution in [0, 0.1) is 16.7 Å². The van der Waals surface area contributed by atoms with Crippen LogP contribution >= 0.6 is 0 Å². The van der Waals surface area contributed by atoms with Crippen molar-refractivity contribution < 1.29 is 8.42 Å². The monoisotopic (exact) mass is 438 g/mol. The van der Waals surface area contributed by atoms with Gasteiger partial charge in [-0.3, -0.25) is 0 Å². The van der Waals surface area contributed by atoms with Crippen molar-refractivity contribution >= 4 is 15.7 Å². The van der Waals surface area contributed by atoms with E-state index >= 15 is 0 Å². The molecule has 1 saturated heterocycles. The largest absolute Gasteiger partial charge is 0.310 e. The van der Waals surface area contributed by atoms with Crippen LogP contribution in [-0.2, 0) is 21.9 Å². The molecule has 0 bridgehead atoms. The van der Waals surface area contributed by atoms with Crippen molar-refractivity contribution in [2.45, 2.75) is 63.2 Å². The van der Waals surface area contributed by atoms with Crippen LogP contribution in [0.1, 0.15) is 57.6 Å². The van der Waals surface area contributed by atoms with E-state index in [2.05, 4.69) is 45.0 Å². The van der Waals surface area contributed by atoms with Gasteiger partial charge in [-0.05, 0) is 72.1 Å². The van der Waals surface area contributed by atoms with Gasteiger partial charge in [-0.15, -0.1) is 0 Å². The lowest BCUT2D eigenvalue weighted by Gasteiger charge is -2.51. The Balaban J connectivity index is 1.63. The normalized spacial score (nSPS) is 25.3. The fourth-order valence-corrected chi connectivity index (χ4v) is 6.89. The molecule has 0 spiro atoms. The minimum absolute atomic E-state index is 0.00700. The molecule has 4 nitrogen and oxygen atoms in total. The van der Waals surface area contributed by atoms with Gasteiger partial charge in [-0.1, -0.05) is 63.2 Å². The van der Waals surface area contributed by atoms with Crippen molar-refractivity contribution in [3.05, 3.63) is 65.7 Å². The summed E-state index contributed by atoms with van der Waals surface area (Å²) in [5.41, 5.74) is 3.11. The Morgan fingerprint density at radius 3 is 2.39 bits per heavy atom. The van der Waals surface area contributed by atoms with Crippen LogP contribution in [0.25, 0.3) is 0 Å². The lowest BCUT2D eigenvalue weighted by Crippen LogP contribution is -2.54. The molecule has 1 unspecified atom stereocenters. The van der Waals surface area contributed by atoms with Gasteiger partial charge in [0.05, 0.1) is 4.90 Å². The van der Waals surface area contributed by atoms with Crippen molar-refractivity contribution in [2.75, 3.05) is 13.1 Å². The number of nitrogens with zero attached hydrogens (tertiary/aromatic N) is 1. The Morgan fingerprint density at radius 1 is 1.06 bits per heavy atom. The van der Waals surface area contributed by atoms with E-state index in [4.69, 9.17) is 5.41 Å². The predicted octanol–water partition coefficient (Wildman–Crippen LogP) is 5.43. The molecule has 1 aliphatic heterocycles. The molecule has 1 N–H and O–H groups in total. The van der Waals surface area contributed by atoms with Crippen molar-refractivity contribution in [3.63, 3.8) is 0 Å². The summed E-state index contributed by atoms with van der Waals surface area (Å²) in [6.45, 7) is 7.49. The van der Waals surface area contributed by atoms with E-state index < -0.39 is 10.0 Å². The first-order chi connectivity index (χ1) is 14.6. The first kappa shape index (κ1) is 22.2. The fourth-order valence-electron chi connectivity index (χ4n) is 5.34. The number of sulfonamides is 1. The number of nitrogens with one attached hydrogen (secondary N) is 1. The number of hydrogen-bond donors (Lipinski definition) is 1. The van der Waals surface area contributed by atoms with Gasteiger partial charge in [0.1, 0.15) is 0 Å². The molecule has 0 amide bonds. The van der Waals surface area contributed by atoms with Crippen LogP contribution in [0.3, 0.4) is 0 Å². The first-order valence-electron chi connectivity index (χ1n) is 11.3. The maximum atomic E-state index is 13.6. The van der Waals surface area contributed by atoms with Gasteiger partial charge in [0.15, 0.2) is 0 Å². The minimum atomic E-state index is -3.54. The summed E-state index contributed by atoms with van der Waals surface area (Å²) < 4.78 is 28.8. The predicted molar refractivity (Wildman–Crippen MR) is 126 cm³/mol. The Hall–Kier alpha value is -1.98. The summed E-state index contributed by atoms with van der Waals surface area (Å²) in [6.07, 6.45) is 4.17. The maximum Gasteiger partial charge on any atom is 0.243 e. The minimum Gasteiger partial charge on any atom is -0.310 e. The average Bonchev–Trinajstić information content (AvgIpc) is 2.74. The van der Waals surface area contributed by atoms with Crippen LogP contribution in [0.4, 0.5) is 0 Å². The Labute approximate surface area is 187 Å². The summed E-state index contributed by atoms with van der Waals surface area (Å²) >= 11 is 0. The third-order valence-corrected chi connectivity index (χ3v) is 9.12. The van der Waals surface area contributed by atoms with Crippen LogP contribution in [0.2, 0.25) is 0 Å². The molecule has 4 rings (SSSR count). The lowest BCUT2D eigenvalue weighted by molar-refractivity contribution is 0.0529. The van der Waals surface area contributed by atoms with E-state index in [9.17, 15) is 8.42 Å². The Kier molecular flexibility index (Phi) is 5.86. The number of piperidine rings is 1. The second kappa shape index (κ2) is 8.18. The number of rotatable bonds is 4. The standard InChI is InChI=1S/C26H34N2O2S/c1-25(2,3)21-9-11-24(12-10-21)31(29,30)28-16-14-22-17-23(27)13-15-26(22,19-28)18-20-7-5-4-6-8-20/h4-12,22,27H,13-19H2,1-3H3/t22?,26-/m0/s1. The zero-order valence-electron chi connectivity index (χ0n) is 18.9. The fraction of sp³-hybridized carbons (Fsp3) is 0.500. The highest BCUT2D eigenvalue weighted by Gasteiger charge is 2.48. The molecule has 0 aromatic heterocycles. The third kappa shape index (κ3) is 4.49. The summed E-state index contributed by atoms with van der Waals surface area (Å²) in [5.74, 6) is 0.378. The molecule has 2 aromatic rings. The highest BCUT2D eigenvalue weighted by atomic mass is 32.2. The van der Waals surface area contributed by atoms with Crippen LogP contribution in [0.15, 0.2) is 59.5 Å². The Bertz CT molecular complexity index is 1040. The van der Waals surface area contributed by atoms with E-state index in [0.29, 0.717) is 23.9 Å². The smallest absolute Gasteiger partial charge is 0.243 e. The van der Waals surface area contributed by atoms with Crippen LogP contribution in [-0.4, -0.2) is 31.5 Å². The third-order valence-electron chi connectivity index (χ3n) is 7.26.